The molecule has 0 atom stereocenters. The zero-order valence-corrected chi connectivity index (χ0v) is 18.7. The lowest BCUT2D eigenvalue weighted by Gasteiger charge is -2.05. The summed E-state index contributed by atoms with van der Waals surface area (Å²) in [6.07, 6.45) is 0.518. The van der Waals surface area contributed by atoms with E-state index < -0.39 is 0 Å². The number of aromatic amines is 1. The summed E-state index contributed by atoms with van der Waals surface area (Å²) in [4.78, 5) is 29.9. The van der Waals surface area contributed by atoms with Crippen molar-refractivity contribution in [2.24, 2.45) is 0 Å². The molecule has 2 heterocycles. The molecule has 8 heteroatoms. The van der Waals surface area contributed by atoms with Crippen LogP contribution < -0.4 is 10.9 Å². The third-order valence-corrected chi connectivity index (χ3v) is 6.00. The van der Waals surface area contributed by atoms with E-state index in [0.29, 0.717) is 27.8 Å². The molecule has 0 spiro atoms. The van der Waals surface area contributed by atoms with Crippen LogP contribution in [0.1, 0.15) is 23.2 Å². The topological polar surface area (TPSA) is 79.8 Å². The predicted molar refractivity (Wildman–Crippen MR) is 125 cm³/mol. The van der Waals surface area contributed by atoms with E-state index in [-0.39, 0.29) is 17.9 Å². The van der Waals surface area contributed by atoms with Crippen molar-refractivity contribution in [3.05, 3.63) is 86.1 Å². The van der Waals surface area contributed by atoms with Crippen LogP contribution in [0.3, 0.4) is 0 Å². The summed E-state index contributed by atoms with van der Waals surface area (Å²) in [6.45, 7) is 3.87. The first-order valence-corrected chi connectivity index (χ1v) is 11.1. The highest BCUT2D eigenvalue weighted by Crippen LogP contribution is 2.24. The number of H-pyrrole nitrogens is 1. The van der Waals surface area contributed by atoms with Crippen molar-refractivity contribution >= 4 is 34.5 Å². The zero-order valence-electron chi connectivity index (χ0n) is 17.1. The van der Waals surface area contributed by atoms with Crippen LogP contribution in [0.2, 0.25) is 5.02 Å². The first-order valence-electron chi connectivity index (χ1n) is 9.79. The van der Waals surface area contributed by atoms with Crippen LogP contribution >= 0.6 is 22.9 Å². The minimum absolute atomic E-state index is 0.176. The number of nitrogens with zero attached hydrogens (tertiary/aromatic N) is 2. The summed E-state index contributed by atoms with van der Waals surface area (Å²) in [5, 5.41) is 8.94. The summed E-state index contributed by atoms with van der Waals surface area (Å²) in [7, 11) is 0. The molecule has 0 saturated heterocycles. The first kappa shape index (κ1) is 21.1. The van der Waals surface area contributed by atoms with Gasteiger partial charge in [-0.1, -0.05) is 47.5 Å². The van der Waals surface area contributed by atoms with Crippen LogP contribution in [-0.2, 0) is 11.2 Å². The fraction of sp³-hybridized carbons (Fsp3) is 0.174. The number of aromatic nitrogens is 3. The second-order valence-electron chi connectivity index (χ2n) is 7.30. The number of carbonyl (C=O) groups is 1. The molecule has 0 fully saturated rings. The maximum atomic E-state index is 12.9. The maximum Gasteiger partial charge on any atom is 0.276 e. The Hall–Kier alpha value is -3.16. The Morgan fingerprint density at radius 2 is 1.97 bits per heavy atom. The second-order valence-corrected chi connectivity index (χ2v) is 8.57. The number of benzene rings is 2. The second kappa shape index (κ2) is 8.91. The number of aryl methyl sites for hydroxylation is 2. The fourth-order valence-corrected chi connectivity index (χ4v) is 4.24. The molecule has 0 unspecified atom stereocenters. The molecular formula is C23H21ClN4O2S. The highest BCUT2D eigenvalue weighted by molar-refractivity contribution is 7.12. The van der Waals surface area contributed by atoms with Crippen LogP contribution in [0.25, 0.3) is 16.4 Å². The van der Waals surface area contributed by atoms with E-state index in [1.807, 2.05) is 43.5 Å². The summed E-state index contributed by atoms with van der Waals surface area (Å²) >= 11 is 7.34. The van der Waals surface area contributed by atoms with Gasteiger partial charge in [-0.15, -0.1) is 11.3 Å². The molecule has 0 saturated carbocycles. The summed E-state index contributed by atoms with van der Waals surface area (Å²) in [5.74, 6) is -0.176. The van der Waals surface area contributed by atoms with Gasteiger partial charge in [0.2, 0.25) is 11.0 Å². The van der Waals surface area contributed by atoms with Crippen molar-refractivity contribution in [3.8, 4) is 16.4 Å². The van der Waals surface area contributed by atoms with Crippen molar-refractivity contribution in [2.45, 2.75) is 26.7 Å². The van der Waals surface area contributed by atoms with E-state index in [1.165, 1.54) is 21.6 Å². The standard InChI is InChI=1S/C23H21ClN4O2S/c1-14-6-8-16(9-7-14)20-13-31-23(26-20)28-22(30)19(15(2)27-28)10-11-21(29)25-18-5-3-4-17(24)12-18/h3-9,12-13,27H,10-11H2,1-2H3,(H,25,29). The summed E-state index contributed by atoms with van der Waals surface area (Å²) in [6, 6.07) is 15.1. The fourth-order valence-electron chi connectivity index (χ4n) is 3.26. The molecule has 6 nitrogen and oxygen atoms in total. The first-order chi connectivity index (χ1) is 14.9. The number of amides is 1. The smallest absolute Gasteiger partial charge is 0.276 e. The number of hydrogen-bond donors (Lipinski definition) is 2. The average molecular weight is 453 g/mol. The molecule has 0 aliphatic carbocycles. The number of anilines is 1. The third-order valence-electron chi connectivity index (χ3n) is 4.93. The van der Waals surface area contributed by atoms with Crippen molar-refractivity contribution in [2.75, 3.05) is 5.32 Å². The molecule has 4 rings (SSSR count). The van der Waals surface area contributed by atoms with Gasteiger partial charge in [-0.3, -0.25) is 14.7 Å². The van der Waals surface area contributed by atoms with E-state index in [9.17, 15) is 9.59 Å². The molecule has 0 aliphatic heterocycles. The van der Waals surface area contributed by atoms with E-state index in [2.05, 4.69) is 15.4 Å². The van der Waals surface area contributed by atoms with Crippen LogP contribution in [0.5, 0.6) is 0 Å². The van der Waals surface area contributed by atoms with Crippen LogP contribution in [0.15, 0.2) is 58.7 Å². The molecule has 158 valence electrons. The minimum atomic E-state index is -0.183. The molecular weight excluding hydrogens is 432 g/mol. The lowest BCUT2D eigenvalue weighted by atomic mass is 10.1. The molecule has 2 aromatic carbocycles. The van der Waals surface area contributed by atoms with Crippen LogP contribution in [-0.4, -0.2) is 20.7 Å². The number of rotatable bonds is 6. The SMILES string of the molecule is Cc1ccc(-c2csc(-n3[nH]c(C)c(CCC(=O)Nc4cccc(Cl)c4)c3=O)n2)cc1. The number of halogens is 1. The van der Waals surface area contributed by atoms with Gasteiger partial charge in [0, 0.05) is 39.3 Å². The van der Waals surface area contributed by atoms with E-state index in [1.54, 1.807) is 24.3 Å². The van der Waals surface area contributed by atoms with Crippen LogP contribution in [0, 0.1) is 13.8 Å². The zero-order chi connectivity index (χ0) is 22.0. The highest BCUT2D eigenvalue weighted by Gasteiger charge is 2.16. The molecule has 31 heavy (non-hydrogen) atoms. The van der Waals surface area contributed by atoms with E-state index >= 15 is 0 Å². The van der Waals surface area contributed by atoms with Crippen molar-refractivity contribution in [1.82, 2.24) is 14.8 Å². The molecule has 2 aromatic heterocycles. The average Bonchev–Trinajstić information content (AvgIpc) is 3.32. The largest absolute Gasteiger partial charge is 0.326 e. The normalized spacial score (nSPS) is 10.9. The lowest BCUT2D eigenvalue weighted by molar-refractivity contribution is -0.116. The van der Waals surface area contributed by atoms with Gasteiger partial charge in [0.05, 0.1) is 5.69 Å². The van der Waals surface area contributed by atoms with Gasteiger partial charge in [-0.05, 0) is 38.5 Å². The van der Waals surface area contributed by atoms with Gasteiger partial charge in [-0.2, -0.15) is 4.68 Å². The minimum Gasteiger partial charge on any atom is -0.326 e. The van der Waals surface area contributed by atoms with Gasteiger partial charge in [0.25, 0.3) is 5.56 Å². The van der Waals surface area contributed by atoms with Gasteiger partial charge in [0.1, 0.15) is 0 Å². The highest BCUT2D eigenvalue weighted by atomic mass is 35.5. The van der Waals surface area contributed by atoms with Gasteiger partial charge in [-0.25, -0.2) is 4.98 Å². The number of thiazole rings is 1. The molecule has 0 bridgehead atoms. The maximum absolute atomic E-state index is 12.9. The van der Waals surface area contributed by atoms with Crippen molar-refractivity contribution in [3.63, 3.8) is 0 Å². The van der Waals surface area contributed by atoms with Gasteiger partial charge < -0.3 is 5.32 Å². The third kappa shape index (κ3) is 4.78. The van der Waals surface area contributed by atoms with E-state index in [0.717, 1.165) is 17.0 Å². The molecule has 0 radical (unpaired) electrons. The monoisotopic (exact) mass is 452 g/mol. The quantitative estimate of drug-likeness (QED) is 0.425. The Bertz CT molecular complexity index is 1290. The molecule has 0 aliphatic rings. The number of carbonyl (C=O) groups excluding carboxylic acids is 1. The Balaban J connectivity index is 1.48. The van der Waals surface area contributed by atoms with Crippen molar-refractivity contribution in [1.29, 1.82) is 0 Å². The Kier molecular flexibility index (Phi) is 6.06. The van der Waals surface area contributed by atoms with Crippen LogP contribution in [0.4, 0.5) is 5.69 Å². The van der Waals surface area contributed by atoms with Crippen molar-refractivity contribution < 1.29 is 4.79 Å². The molecule has 2 N–H and O–H groups in total. The molecule has 1 amide bonds. The Morgan fingerprint density at radius 3 is 2.71 bits per heavy atom. The number of hydrogen-bond acceptors (Lipinski definition) is 4. The Morgan fingerprint density at radius 1 is 1.19 bits per heavy atom. The number of nitrogens with one attached hydrogen (secondary N) is 2. The molecule has 4 aromatic rings. The van der Waals surface area contributed by atoms with Gasteiger partial charge in [0.15, 0.2) is 0 Å². The summed E-state index contributed by atoms with van der Waals surface area (Å²) in [5.41, 5.74) is 4.76. The Labute approximate surface area is 188 Å². The summed E-state index contributed by atoms with van der Waals surface area (Å²) < 4.78 is 1.45. The predicted octanol–water partition coefficient (Wildman–Crippen LogP) is 5.13. The van der Waals surface area contributed by atoms with E-state index in [4.69, 9.17) is 11.6 Å². The lowest BCUT2D eigenvalue weighted by Crippen LogP contribution is -2.19. The van der Waals surface area contributed by atoms with Gasteiger partial charge >= 0.3 is 0 Å².